The molecular weight excluding hydrogens is 306 g/mol. The zero-order valence-corrected chi connectivity index (χ0v) is 13.7. The van der Waals surface area contributed by atoms with Crippen LogP contribution in [0.15, 0.2) is 30.5 Å². The molecule has 3 rings (SSSR count). The third kappa shape index (κ3) is 3.79. The molecule has 1 aliphatic heterocycles. The van der Waals surface area contributed by atoms with Crippen molar-refractivity contribution in [3.05, 3.63) is 41.9 Å². The lowest BCUT2D eigenvalue weighted by Crippen LogP contribution is -2.38. The van der Waals surface area contributed by atoms with Crippen LogP contribution >= 0.6 is 0 Å². The number of aryl methyl sites for hydroxylation is 2. The molecule has 2 aromatic rings. The van der Waals surface area contributed by atoms with Crippen molar-refractivity contribution in [2.45, 2.75) is 39.3 Å². The molecule has 0 saturated heterocycles. The number of carbonyl (C=O) groups excluding carboxylic acids is 2. The fourth-order valence-electron chi connectivity index (χ4n) is 2.79. The molecule has 2 aromatic heterocycles. The van der Waals surface area contributed by atoms with Crippen molar-refractivity contribution in [3.8, 4) is 0 Å². The lowest BCUT2D eigenvalue weighted by atomic mass is 10.2. The highest BCUT2D eigenvalue weighted by Gasteiger charge is 2.24. The van der Waals surface area contributed by atoms with Gasteiger partial charge in [0, 0.05) is 38.2 Å². The van der Waals surface area contributed by atoms with Gasteiger partial charge in [-0.05, 0) is 25.5 Å². The van der Waals surface area contributed by atoms with Gasteiger partial charge in [0.05, 0.1) is 17.9 Å². The van der Waals surface area contributed by atoms with Gasteiger partial charge in [0.25, 0.3) is 0 Å². The van der Waals surface area contributed by atoms with Gasteiger partial charge >= 0.3 is 0 Å². The normalized spacial score (nSPS) is 13.5. The number of hydrogen-bond donors (Lipinski definition) is 1. The van der Waals surface area contributed by atoms with Gasteiger partial charge in [-0.1, -0.05) is 6.07 Å². The summed E-state index contributed by atoms with van der Waals surface area (Å²) < 4.78 is 1.86. The predicted molar refractivity (Wildman–Crippen MR) is 89.3 cm³/mol. The van der Waals surface area contributed by atoms with E-state index in [0.29, 0.717) is 13.1 Å². The first-order chi connectivity index (χ1) is 11.6. The van der Waals surface area contributed by atoms with E-state index in [1.165, 1.54) is 0 Å². The lowest BCUT2D eigenvalue weighted by molar-refractivity contribution is -0.125. The van der Waals surface area contributed by atoms with Gasteiger partial charge in [0.15, 0.2) is 0 Å². The number of amides is 2. The van der Waals surface area contributed by atoms with Crippen LogP contribution in [0.1, 0.15) is 30.7 Å². The van der Waals surface area contributed by atoms with Crippen LogP contribution in [-0.2, 0) is 22.7 Å². The van der Waals surface area contributed by atoms with Crippen molar-refractivity contribution in [1.29, 1.82) is 0 Å². The molecular formula is C17H21N5O2. The minimum atomic E-state index is -0.143. The van der Waals surface area contributed by atoms with E-state index in [4.69, 9.17) is 0 Å². The minimum Gasteiger partial charge on any atom is -0.350 e. The fourth-order valence-corrected chi connectivity index (χ4v) is 2.79. The van der Waals surface area contributed by atoms with Crippen molar-refractivity contribution >= 4 is 17.6 Å². The standard InChI is InChI=1S/C17H21N5O2/c1-13-11-16-21(9-4-10-22(16)20-13)17(24)7-6-15(23)19-12-14-5-2-3-8-18-14/h2-3,5,8,11H,4,6-7,9-10,12H2,1H3,(H,19,23). The van der Waals surface area contributed by atoms with E-state index in [1.54, 1.807) is 11.1 Å². The van der Waals surface area contributed by atoms with E-state index in [-0.39, 0.29) is 24.7 Å². The van der Waals surface area contributed by atoms with Gasteiger partial charge in [-0.25, -0.2) is 4.68 Å². The van der Waals surface area contributed by atoms with Crippen molar-refractivity contribution in [2.24, 2.45) is 0 Å². The van der Waals surface area contributed by atoms with Crippen LogP contribution in [0.5, 0.6) is 0 Å². The number of nitrogens with one attached hydrogen (secondary N) is 1. The Morgan fingerprint density at radius 2 is 2.12 bits per heavy atom. The molecule has 126 valence electrons. The van der Waals surface area contributed by atoms with E-state index >= 15 is 0 Å². The molecule has 3 heterocycles. The van der Waals surface area contributed by atoms with Crippen LogP contribution in [0.4, 0.5) is 5.82 Å². The van der Waals surface area contributed by atoms with Gasteiger partial charge in [0.1, 0.15) is 5.82 Å². The zero-order chi connectivity index (χ0) is 16.9. The molecule has 1 N–H and O–H groups in total. The van der Waals surface area contributed by atoms with Crippen LogP contribution in [0, 0.1) is 6.92 Å². The second kappa shape index (κ2) is 7.25. The summed E-state index contributed by atoms with van der Waals surface area (Å²) in [6.45, 7) is 3.81. The third-order valence-electron chi connectivity index (χ3n) is 3.97. The Morgan fingerprint density at radius 3 is 2.92 bits per heavy atom. The molecule has 0 unspecified atom stereocenters. The first kappa shape index (κ1) is 16.2. The predicted octanol–water partition coefficient (Wildman–Crippen LogP) is 1.42. The highest BCUT2D eigenvalue weighted by Crippen LogP contribution is 2.22. The summed E-state index contributed by atoms with van der Waals surface area (Å²) in [6, 6.07) is 7.47. The second-order valence-electron chi connectivity index (χ2n) is 5.86. The molecule has 2 amide bonds. The number of pyridine rings is 1. The van der Waals surface area contributed by atoms with Gasteiger partial charge in [0.2, 0.25) is 11.8 Å². The van der Waals surface area contributed by atoms with Crippen molar-refractivity contribution in [2.75, 3.05) is 11.4 Å². The monoisotopic (exact) mass is 327 g/mol. The smallest absolute Gasteiger partial charge is 0.228 e. The fraction of sp³-hybridized carbons (Fsp3) is 0.412. The van der Waals surface area contributed by atoms with Crippen LogP contribution in [0.25, 0.3) is 0 Å². The number of anilines is 1. The van der Waals surface area contributed by atoms with Crippen LogP contribution < -0.4 is 10.2 Å². The lowest BCUT2D eigenvalue weighted by Gasteiger charge is -2.27. The number of hydrogen-bond acceptors (Lipinski definition) is 4. The number of rotatable bonds is 5. The molecule has 7 heteroatoms. The number of nitrogens with zero attached hydrogens (tertiary/aromatic N) is 4. The Balaban J connectivity index is 1.50. The SMILES string of the molecule is Cc1cc2n(n1)CCCN2C(=O)CCC(=O)NCc1ccccn1. The average molecular weight is 327 g/mol. The summed E-state index contributed by atoms with van der Waals surface area (Å²) in [5.41, 5.74) is 1.70. The molecule has 1 aliphatic rings. The molecule has 0 radical (unpaired) electrons. The molecule has 7 nitrogen and oxygen atoms in total. The van der Waals surface area contributed by atoms with Gasteiger partial charge in [-0.15, -0.1) is 0 Å². The van der Waals surface area contributed by atoms with E-state index in [2.05, 4.69) is 15.4 Å². The summed E-state index contributed by atoms with van der Waals surface area (Å²) in [5.74, 6) is 0.650. The quantitative estimate of drug-likeness (QED) is 0.901. The topological polar surface area (TPSA) is 80.1 Å². The first-order valence-corrected chi connectivity index (χ1v) is 8.15. The highest BCUT2D eigenvalue weighted by atomic mass is 16.2. The van der Waals surface area contributed by atoms with Crippen LogP contribution in [0.2, 0.25) is 0 Å². The number of aromatic nitrogens is 3. The Hall–Kier alpha value is -2.70. The Labute approximate surface area is 140 Å². The first-order valence-electron chi connectivity index (χ1n) is 8.15. The highest BCUT2D eigenvalue weighted by molar-refractivity contribution is 5.95. The molecule has 0 aliphatic carbocycles. The van der Waals surface area contributed by atoms with Crippen molar-refractivity contribution in [1.82, 2.24) is 20.1 Å². The summed E-state index contributed by atoms with van der Waals surface area (Å²) in [5, 5.41) is 7.17. The molecule has 24 heavy (non-hydrogen) atoms. The Morgan fingerprint density at radius 1 is 1.25 bits per heavy atom. The molecule has 0 saturated carbocycles. The molecule has 0 atom stereocenters. The summed E-state index contributed by atoms with van der Waals surface area (Å²) in [7, 11) is 0. The van der Waals surface area contributed by atoms with Gasteiger partial charge < -0.3 is 5.32 Å². The van der Waals surface area contributed by atoms with E-state index in [0.717, 1.165) is 30.2 Å². The third-order valence-corrected chi connectivity index (χ3v) is 3.97. The zero-order valence-electron chi connectivity index (χ0n) is 13.7. The number of carbonyl (C=O) groups is 2. The maximum atomic E-state index is 12.4. The Bertz CT molecular complexity index is 726. The van der Waals surface area contributed by atoms with Gasteiger partial charge in [-0.3, -0.25) is 19.5 Å². The van der Waals surface area contributed by atoms with E-state index in [9.17, 15) is 9.59 Å². The summed E-state index contributed by atoms with van der Waals surface area (Å²) in [4.78, 5) is 30.2. The molecule has 0 bridgehead atoms. The van der Waals surface area contributed by atoms with Crippen molar-refractivity contribution in [3.63, 3.8) is 0 Å². The maximum Gasteiger partial charge on any atom is 0.228 e. The molecule has 0 fully saturated rings. The second-order valence-corrected chi connectivity index (χ2v) is 5.86. The van der Waals surface area contributed by atoms with E-state index in [1.807, 2.05) is 35.9 Å². The van der Waals surface area contributed by atoms with Crippen LogP contribution in [-0.4, -0.2) is 33.1 Å². The van der Waals surface area contributed by atoms with Crippen molar-refractivity contribution < 1.29 is 9.59 Å². The largest absolute Gasteiger partial charge is 0.350 e. The number of fused-ring (bicyclic) bond motifs is 1. The summed E-state index contributed by atoms with van der Waals surface area (Å²) in [6.07, 6.45) is 2.94. The molecule has 0 aromatic carbocycles. The maximum absolute atomic E-state index is 12.4. The molecule has 0 spiro atoms. The van der Waals surface area contributed by atoms with Gasteiger partial charge in [-0.2, -0.15) is 5.10 Å². The Kier molecular flexibility index (Phi) is 4.88. The van der Waals surface area contributed by atoms with E-state index < -0.39 is 0 Å². The summed E-state index contributed by atoms with van der Waals surface area (Å²) >= 11 is 0. The minimum absolute atomic E-state index is 0.0381. The van der Waals surface area contributed by atoms with Crippen LogP contribution in [0.3, 0.4) is 0 Å². The average Bonchev–Trinajstić information content (AvgIpc) is 2.98.